The lowest BCUT2D eigenvalue weighted by atomic mass is 9.60. The molecule has 0 bridgehead atoms. The Morgan fingerprint density at radius 3 is 2.58 bits per heavy atom. The molecular weight excluding hydrogens is 380 g/mol. The van der Waals surface area contributed by atoms with E-state index >= 15 is 0 Å². The van der Waals surface area contributed by atoms with Gasteiger partial charge in [0, 0.05) is 33.7 Å². The van der Waals surface area contributed by atoms with Gasteiger partial charge in [-0.2, -0.15) is 0 Å². The number of benzene rings is 1. The van der Waals surface area contributed by atoms with E-state index in [1.165, 1.54) is 6.20 Å². The van der Waals surface area contributed by atoms with Crippen LogP contribution in [0.25, 0.3) is 33.3 Å². The molecule has 3 heteroatoms. The van der Waals surface area contributed by atoms with Crippen LogP contribution < -0.4 is 0 Å². The Labute approximate surface area is 190 Å². The van der Waals surface area contributed by atoms with Crippen molar-refractivity contribution < 1.29 is 9.90 Å². The molecule has 0 N–H and O–H groups in total. The normalized spacial score (nSPS) is 22.0. The molecule has 3 heterocycles. The van der Waals surface area contributed by atoms with Gasteiger partial charge in [-0.3, -0.25) is 4.98 Å². The van der Waals surface area contributed by atoms with Gasteiger partial charge in [-0.1, -0.05) is 39.8 Å². The second kappa shape index (κ2) is 6.91. The SMILES string of the molecule is [2H]C([2H])([2H])c1cnc(-c2cccc3c2oc2nc(C)ccc23)cc1C1([2H])CC(C)(C)CC(C)(C)C1. The zero-order valence-electron chi connectivity index (χ0n) is 23.0. The lowest BCUT2D eigenvalue weighted by molar-refractivity contribution is 0.0967. The summed E-state index contributed by atoms with van der Waals surface area (Å²) >= 11 is 0. The third-order valence-electron chi connectivity index (χ3n) is 6.41. The Morgan fingerprint density at radius 2 is 1.84 bits per heavy atom. The van der Waals surface area contributed by atoms with E-state index in [4.69, 9.17) is 8.53 Å². The zero-order valence-corrected chi connectivity index (χ0v) is 19.0. The monoisotopic (exact) mass is 416 g/mol. The molecule has 0 spiro atoms. The number of aromatic nitrogens is 2. The predicted molar refractivity (Wildman–Crippen MR) is 128 cm³/mol. The standard InChI is InChI=1S/C28H32N2O/c1-17-15-29-24(12-23(17)19-13-27(3,4)16-28(5,6)14-19)22-9-7-8-20-21-11-10-18(2)30-26(21)31-25(20)22/h7-12,15,19H,13-14,16H2,1-6H3/i1D3,19D. The van der Waals surface area contributed by atoms with Gasteiger partial charge < -0.3 is 4.42 Å². The maximum absolute atomic E-state index is 9.62. The summed E-state index contributed by atoms with van der Waals surface area (Å²) < 4.78 is 40.4. The van der Waals surface area contributed by atoms with E-state index in [0.29, 0.717) is 35.4 Å². The second-order valence-electron chi connectivity index (χ2n) is 10.7. The van der Waals surface area contributed by atoms with Gasteiger partial charge in [0.2, 0.25) is 5.71 Å². The topological polar surface area (TPSA) is 38.9 Å². The van der Waals surface area contributed by atoms with Gasteiger partial charge in [0.15, 0.2) is 0 Å². The highest BCUT2D eigenvalue weighted by Crippen LogP contribution is 2.52. The highest BCUT2D eigenvalue weighted by Gasteiger charge is 2.39. The summed E-state index contributed by atoms with van der Waals surface area (Å²) in [6, 6.07) is 11.7. The number of hydrogen-bond donors (Lipinski definition) is 0. The second-order valence-corrected chi connectivity index (χ2v) is 10.7. The maximum atomic E-state index is 9.62. The van der Waals surface area contributed by atoms with Crippen molar-refractivity contribution in [3.05, 3.63) is 59.4 Å². The van der Waals surface area contributed by atoms with Crippen LogP contribution in [0.2, 0.25) is 0 Å². The van der Waals surface area contributed by atoms with Crippen molar-refractivity contribution in [1.29, 1.82) is 0 Å². The molecule has 0 radical (unpaired) electrons. The minimum atomic E-state index is -2.35. The molecule has 160 valence electrons. The number of pyridine rings is 2. The lowest BCUT2D eigenvalue weighted by Crippen LogP contribution is -2.33. The average Bonchev–Trinajstić information content (AvgIpc) is 3.07. The number of rotatable bonds is 2. The summed E-state index contributed by atoms with van der Waals surface area (Å²) in [7, 11) is 0. The summed E-state index contributed by atoms with van der Waals surface area (Å²) in [4.78, 5) is 9.13. The van der Waals surface area contributed by atoms with Crippen molar-refractivity contribution in [3.63, 3.8) is 0 Å². The quantitative estimate of drug-likeness (QED) is 0.332. The lowest BCUT2D eigenvalue weighted by Gasteiger charge is -2.45. The molecule has 1 fully saturated rings. The fraction of sp³-hybridized carbons (Fsp3) is 0.429. The first-order valence-corrected chi connectivity index (χ1v) is 11.0. The first-order chi connectivity index (χ1) is 16.2. The van der Waals surface area contributed by atoms with Crippen molar-refractivity contribution in [3.8, 4) is 11.3 Å². The van der Waals surface area contributed by atoms with Gasteiger partial charge in [0.05, 0.1) is 5.69 Å². The van der Waals surface area contributed by atoms with E-state index in [-0.39, 0.29) is 16.4 Å². The summed E-state index contributed by atoms with van der Waals surface area (Å²) in [5.74, 6) is -1.03. The Bertz CT molecular complexity index is 1430. The highest BCUT2D eigenvalue weighted by molar-refractivity contribution is 6.08. The van der Waals surface area contributed by atoms with Crippen molar-refractivity contribution in [2.75, 3.05) is 0 Å². The molecule has 5 rings (SSSR count). The van der Waals surface area contributed by atoms with Gasteiger partial charge in [0.25, 0.3) is 0 Å². The fourth-order valence-corrected chi connectivity index (χ4v) is 5.70. The number of para-hydroxylation sites is 1. The summed E-state index contributed by atoms with van der Waals surface area (Å²) in [5.41, 5.74) is 4.05. The average molecular weight is 417 g/mol. The Balaban J connectivity index is 1.74. The van der Waals surface area contributed by atoms with E-state index < -0.39 is 12.7 Å². The third-order valence-corrected chi connectivity index (χ3v) is 6.41. The van der Waals surface area contributed by atoms with Crippen LogP contribution >= 0.6 is 0 Å². The van der Waals surface area contributed by atoms with Crippen LogP contribution in [0, 0.1) is 24.6 Å². The maximum Gasteiger partial charge on any atom is 0.227 e. The molecule has 0 amide bonds. The summed E-state index contributed by atoms with van der Waals surface area (Å²) in [6.45, 7) is 8.29. The minimum absolute atomic E-state index is 0.0821. The predicted octanol–water partition coefficient (Wildman–Crippen LogP) is 7.98. The number of furan rings is 1. The van der Waals surface area contributed by atoms with Crippen LogP contribution in [0.3, 0.4) is 0 Å². The first kappa shape index (κ1) is 16.0. The van der Waals surface area contributed by atoms with E-state index in [0.717, 1.165) is 28.5 Å². The molecule has 0 aliphatic heterocycles. The molecule has 1 saturated carbocycles. The van der Waals surface area contributed by atoms with Gasteiger partial charge >= 0.3 is 0 Å². The van der Waals surface area contributed by atoms with E-state index in [2.05, 4.69) is 37.7 Å². The van der Waals surface area contributed by atoms with Crippen LogP contribution in [0.1, 0.15) is 75.2 Å². The van der Waals surface area contributed by atoms with E-state index in [1.54, 1.807) is 0 Å². The van der Waals surface area contributed by atoms with Crippen LogP contribution in [0.5, 0.6) is 0 Å². The molecule has 0 atom stereocenters. The van der Waals surface area contributed by atoms with Crippen molar-refractivity contribution in [1.82, 2.24) is 9.97 Å². The zero-order chi connectivity index (χ0) is 25.4. The minimum Gasteiger partial charge on any atom is -0.437 e. The largest absolute Gasteiger partial charge is 0.437 e. The molecule has 3 nitrogen and oxygen atoms in total. The number of hydrogen-bond acceptors (Lipinski definition) is 3. The van der Waals surface area contributed by atoms with Gasteiger partial charge in [-0.05, 0) is 85.2 Å². The van der Waals surface area contributed by atoms with Crippen LogP contribution in [-0.4, -0.2) is 9.97 Å². The Kier molecular flexibility index (Phi) is 3.57. The smallest absolute Gasteiger partial charge is 0.227 e. The van der Waals surface area contributed by atoms with Crippen molar-refractivity contribution in [2.24, 2.45) is 10.8 Å². The summed E-state index contributed by atoms with van der Waals surface area (Å²) in [6.07, 6.45) is 3.63. The number of fused-ring (bicyclic) bond motifs is 3. The molecule has 1 aromatic carbocycles. The Morgan fingerprint density at radius 1 is 1.06 bits per heavy atom. The Hall–Kier alpha value is -2.68. The summed E-state index contributed by atoms with van der Waals surface area (Å²) in [5, 5.41) is 1.87. The molecular formula is C28H32N2O. The van der Waals surface area contributed by atoms with Gasteiger partial charge in [-0.15, -0.1) is 0 Å². The third kappa shape index (κ3) is 3.64. The van der Waals surface area contributed by atoms with Crippen LogP contribution in [0.15, 0.2) is 47.0 Å². The van der Waals surface area contributed by atoms with Crippen LogP contribution in [-0.2, 0) is 0 Å². The molecule has 1 aliphatic rings. The molecule has 3 aromatic heterocycles. The molecule has 1 aliphatic carbocycles. The molecule has 0 unspecified atom stereocenters. The van der Waals surface area contributed by atoms with Gasteiger partial charge in [0.1, 0.15) is 5.58 Å². The van der Waals surface area contributed by atoms with Crippen molar-refractivity contribution >= 4 is 22.1 Å². The van der Waals surface area contributed by atoms with Gasteiger partial charge in [-0.25, -0.2) is 4.98 Å². The van der Waals surface area contributed by atoms with Crippen LogP contribution in [0.4, 0.5) is 0 Å². The number of nitrogens with zero attached hydrogens (tertiary/aromatic N) is 2. The van der Waals surface area contributed by atoms with E-state index in [9.17, 15) is 1.37 Å². The molecule has 0 saturated heterocycles. The number of aryl methyl sites for hydroxylation is 2. The molecule has 31 heavy (non-hydrogen) atoms. The highest BCUT2D eigenvalue weighted by atomic mass is 16.3. The van der Waals surface area contributed by atoms with Crippen molar-refractivity contribution in [2.45, 2.75) is 66.6 Å². The van der Waals surface area contributed by atoms with E-state index in [1.807, 2.05) is 43.3 Å². The fourth-order valence-electron chi connectivity index (χ4n) is 5.70. The molecule has 4 aromatic rings. The first-order valence-electron chi connectivity index (χ1n) is 13.0.